The maximum absolute atomic E-state index is 12.6. The zero-order valence-electron chi connectivity index (χ0n) is 24.2. The van der Waals surface area contributed by atoms with Gasteiger partial charge in [-0.3, -0.25) is 9.59 Å². The number of alkyl halides is 3. The number of rotatable bonds is 6. The molecule has 1 saturated carbocycles. The molecule has 2 aromatic rings. The van der Waals surface area contributed by atoms with Crippen LogP contribution in [0.1, 0.15) is 85.6 Å². The molecule has 7 nitrogen and oxygen atoms in total. The lowest BCUT2D eigenvalue weighted by atomic mass is 9.61. The first-order valence-electron chi connectivity index (χ1n) is 14.2. The predicted octanol–water partition coefficient (Wildman–Crippen LogP) is 5.50. The minimum atomic E-state index is -4.27. The molecule has 222 valence electrons. The van der Waals surface area contributed by atoms with Gasteiger partial charge in [0.25, 0.3) is 5.56 Å². The minimum absolute atomic E-state index is 0.0376. The molecule has 2 aliphatic heterocycles. The molecule has 1 spiro atoms. The topological polar surface area (TPSA) is 84.4 Å². The molecule has 3 fully saturated rings. The molecule has 2 saturated heterocycles. The van der Waals surface area contributed by atoms with Crippen LogP contribution < -0.4 is 21.5 Å². The van der Waals surface area contributed by atoms with E-state index in [9.17, 15) is 22.8 Å². The minimum Gasteiger partial charge on any atom is -0.381 e. The van der Waals surface area contributed by atoms with Gasteiger partial charge in [-0.15, -0.1) is 0 Å². The molecule has 0 unspecified atom stereocenters. The highest BCUT2D eigenvalue weighted by Crippen LogP contribution is 2.45. The summed E-state index contributed by atoms with van der Waals surface area (Å²) >= 11 is 0. The van der Waals surface area contributed by atoms with Crippen molar-refractivity contribution < 1.29 is 22.7 Å². The second-order valence-electron chi connectivity index (χ2n) is 10.7. The van der Waals surface area contributed by atoms with E-state index in [-0.39, 0.29) is 17.6 Å². The Kier molecular flexibility index (Phi) is 11.0. The molecule has 1 atom stereocenters. The number of pyridine rings is 1. The molecule has 0 bridgehead atoms. The summed E-state index contributed by atoms with van der Waals surface area (Å²) in [6.45, 7) is 10.9. The molecular weight excluding hydrogens is 521 g/mol. The third-order valence-corrected chi connectivity index (χ3v) is 8.12. The maximum atomic E-state index is 12.6. The van der Waals surface area contributed by atoms with Crippen LogP contribution in [0.5, 0.6) is 0 Å². The fourth-order valence-electron chi connectivity index (χ4n) is 5.69. The van der Waals surface area contributed by atoms with Crippen LogP contribution in [0.3, 0.4) is 0 Å². The quantitative estimate of drug-likeness (QED) is 0.402. The van der Waals surface area contributed by atoms with Gasteiger partial charge in [-0.2, -0.15) is 13.2 Å². The van der Waals surface area contributed by atoms with Crippen LogP contribution in [0.4, 0.5) is 18.9 Å². The van der Waals surface area contributed by atoms with E-state index in [0.717, 1.165) is 51.1 Å². The Labute approximate surface area is 234 Å². The van der Waals surface area contributed by atoms with Crippen molar-refractivity contribution in [3.8, 4) is 0 Å². The number of aromatic nitrogens is 1. The van der Waals surface area contributed by atoms with Crippen molar-refractivity contribution >= 4 is 12.0 Å². The van der Waals surface area contributed by atoms with Gasteiger partial charge in [0.05, 0.1) is 16.8 Å². The Morgan fingerprint density at radius 2 is 1.82 bits per heavy atom. The number of benzene rings is 1. The summed E-state index contributed by atoms with van der Waals surface area (Å²) in [4.78, 5) is 23.9. The van der Waals surface area contributed by atoms with E-state index in [1.807, 2.05) is 20.8 Å². The Hall–Kier alpha value is -2.69. The number of halogens is 3. The summed E-state index contributed by atoms with van der Waals surface area (Å²) in [7, 11) is 1.73. The molecule has 5 rings (SSSR count). The van der Waals surface area contributed by atoms with Gasteiger partial charge < -0.3 is 25.3 Å². The smallest absolute Gasteiger partial charge is 0.381 e. The molecule has 0 radical (unpaired) electrons. The van der Waals surface area contributed by atoms with Gasteiger partial charge in [-0.25, -0.2) is 0 Å². The van der Waals surface area contributed by atoms with Crippen LogP contribution in [-0.4, -0.2) is 50.2 Å². The second-order valence-corrected chi connectivity index (χ2v) is 10.7. The molecule has 1 aliphatic carbocycles. The maximum Gasteiger partial charge on any atom is 0.416 e. The fraction of sp³-hybridized carbons (Fsp3) is 0.600. The van der Waals surface area contributed by atoms with Gasteiger partial charge >= 0.3 is 6.18 Å². The van der Waals surface area contributed by atoms with Crippen molar-refractivity contribution in [1.29, 1.82) is 0 Å². The van der Waals surface area contributed by atoms with Crippen molar-refractivity contribution in [2.24, 2.45) is 5.41 Å². The summed E-state index contributed by atoms with van der Waals surface area (Å²) in [6.07, 6.45) is 2.16. The molecule has 3 heterocycles. The zero-order valence-corrected chi connectivity index (χ0v) is 24.2. The SMILES string of the molecule is CC.CN[C@H](C)c1cccc(C(F)(F)F)c1C.O=Cc1cn(C2CCOCC2)c(=O)cc1NC1CC2(CNC2)C1. The zero-order chi connectivity index (χ0) is 29.5. The standard InChI is InChI=1S/C17H23N3O3.C11H14F3N.C2H6/c21-9-12-8-20(14-1-3-23-4-2-14)16(22)5-15(12)19-13-6-17(7-13)10-18-11-17;1-7-9(8(2)15-3)5-4-6-10(7)11(12,13)14;1-2/h5,8-9,13-14,18-19H,1-4,6-7,10-11H2;4-6,8,15H,1-3H3;1-2H3/t;8-;/m.1./s1. The number of hydrogen-bond acceptors (Lipinski definition) is 6. The monoisotopic (exact) mass is 564 g/mol. The lowest BCUT2D eigenvalue weighted by Gasteiger charge is -2.54. The van der Waals surface area contributed by atoms with Crippen LogP contribution >= 0.6 is 0 Å². The number of nitrogens with zero attached hydrogens (tertiary/aromatic N) is 1. The first-order valence-corrected chi connectivity index (χ1v) is 14.2. The van der Waals surface area contributed by atoms with Crippen LogP contribution in [0, 0.1) is 12.3 Å². The van der Waals surface area contributed by atoms with Crippen LogP contribution in [0.2, 0.25) is 0 Å². The molecule has 3 N–H and O–H groups in total. The summed E-state index contributed by atoms with van der Waals surface area (Å²) in [5, 5.41) is 9.64. The number of ether oxygens (including phenoxy) is 1. The molecule has 10 heteroatoms. The Bertz CT molecular complexity index is 1180. The largest absolute Gasteiger partial charge is 0.416 e. The van der Waals surface area contributed by atoms with Gasteiger partial charge in [0, 0.05) is 56.7 Å². The summed E-state index contributed by atoms with van der Waals surface area (Å²) in [5.74, 6) is 0. The van der Waals surface area contributed by atoms with Gasteiger partial charge in [0.2, 0.25) is 0 Å². The molecule has 0 amide bonds. The van der Waals surface area contributed by atoms with Crippen molar-refractivity contribution in [3.63, 3.8) is 0 Å². The van der Waals surface area contributed by atoms with E-state index in [1.54, 1.807) is 29.9 Å². The Balaban J connectivity index is 0.000000226. The third kappa shape index (κ3) is 7.33. The lowest BCUT2D eigenvalue weighted by molar-refractivity contribution is -0.138. The third-order valence-electron chi connectivity index (χ3n) is 8.12. The first kappa shape index (κ1) is 31.8. The summed E-state index contributed by atoms with van der Waals surface area (Å²) < 4.78 is 44.8. The Morgan fingerprint density at radius 1 is 1.18 bits per heavy atom. The van der Waals surface area contributed by atoms with Crippen LogP contribution in [0.15, 0.2) is 35.3 Å². The summed E-state index contributed by atoms with van der Waals surface area (Å²) in [6, 6.07) is 6.29. The van der Waals surface area contributed by atoms with E-state index in [2.05, 4.69) is 16.0 Å². The number of aldehydes is 1. The van der Waals surface area contributed by atoms with Gasteiger partial charge in [-0.1, -0.05) is 26.0 Å². The molecular formula is C30H43F3N4O3. The predicted molar refractivity (Wildman–Crippen MR) is 152 cm³/mol. The van der Waals surface area contributed by atoms with E-state index < -0.39 is 11.7 Å². The van der Waals surface area contributed by atoms with Crippen molar-refractivity contribution in [3.05, 3.63) is 63.1 Å². The van der Waals surface area contributed by atoms with Crippen molar-refractivity contribution in [2.75, 3.05) is 38.7 Å². The average molecular weight is 565 g/mol. The second kappa shape index (κ2) is 13.8. The fourth-order valence-corrected chi connectivity index (χ4v) is 5.69. The average Bonchev–Trinajstić information content (AvgIpc) is 2.90. The number of anilines is 1. The number of hydrogen-bond donors (Lipinski definition) is 3. The number of carbonyl (C=O) groups is 1. The van der Waals surface area contributed by atoms with Crippen LogP contribution in [-0.2, 0) is 10.9 Å². The molecule has 1 aromatic heterocycles. The normalized spacial score (nSPS) is 19.2. The summed E-state index contributed by atoms with van der Waals surface area (Å²) in [5.41, 5.74) is 2.12. The van der Waals surface area contributed by atoms with Crippen molar-refractivity contribution in [1.82, 2.24) is 15.2 Å². The highest BCUT2D eigenvalue weighted by atomic mass is 19.4. The van der Waals surface area contributed by atoms with E-state index in [0.29, 0.717) is 47.0 Å². The van der Waals surface area contributed by atoms with Gasteiger partial charge in [-0.05, 0) is 69.2 Å². The van der Waals surface area contributed by atoms with Gasteiger partial charge in [0.15, 0.2) is 6.29 Å². The molecule has 40 heavy (non-hydrogen) atoms. The van der Waals surface area contributed by atoms with E-state index in [1.165, 1.54) is 13.0 Å². The highest BCUT2D eigenvalue weighted by Gasteiger charge is 2.48. The lowest BCUT2D eigenvalue weighted by Crippen LogP contribution is -2.63. The molecule has 3 aliphatic rings. The van der Waals surface area contributed by atoms with E-state index in [4.69, 9.17) is 4.74 Å². The molecule has 1 aromatic carbocycles. The first-order chi connectivity index (χ1) is 19.1. The number of carbonyl (C=O) groups excluding carboxylic acids is 1. The van der Waals surface area contributed by atoms with Gasteiger partial charge in [0.1, 0.15) is 0 Å². The Morgan fingerprint density at radius 3 is 2.35 bits per heavy atom. The highest BCUT2D eigenvalue weighted by molar-refractivity contribution is 5.83. The van der Waals surface area contributed by atoms with Crippen molar-refractivity contribution in [2.45, 2.75) is 77.7 Å². The van der Waals surface area contributed by atoms with E-state index >= 15 is 0 Å². The van der Waals surface area contributed by atoms with Crippen LogP contribution in [0.25, 0.3) is 0 Å². The number of nitrogens with one attached hydrogen (secondary N) is 3.